The van der Waals surface area contributed by atoms with Gasteiger partial charge in [0.25, 0.3) is 0 Å². The molecule has 1 aromatic carbocycles. The fraction of sp³-hybridized carbons (Fsp3) is 0.200. The van der Waals surface area contributed by atoms with E-state index in [1.54, 1.807) is 13.0 Å². The third-order valence-corrected chi connectivity index (χ3v) is 3.40. The van der Waals surface area contributed by atoms with Crippen LogP contribution in [0, 0.1) is 28.8 Å². The van der Waals surface area contributed by atoms with Gasteiger partial charge < -0.3 is 5.32 Å². The zero-order chi connectivity index (χ0) is 16.3. The van der Waals surface area contributed by atoms with Gasteiger partial charge in [-0.2, -0.15) is 5.26 Å². The summed E-state index contributed by atoms with van der Waals surface area (Å²) in [5, 5.41) is 11.4. The fourth-order valence-electron chi connectivity index (χ4n) is 1.96. The normalized spacial score (nSPS) is 11.8. The summed E-state index contributed by atoms with van der Waals surface area (Å²) < 4.78 is 40.2. The van der Waals surface area contributed by atoms with Crippen molar-refractivity contribution < 1.29 is 13.2 Å². The maximum absolute atomic E-state index is 13.9. The summed E-state index contributed by atoms with van der Waals surface area (Å²) in [7, 11) is 0. The van der Waals surface area contributed by atoms with Crippen molar-refractivity contribution in [2.24, 2.45) is 0 Å². The van der Waals surface area contributed by atoms with Gasteiger partial charge in [-0.25, -0.2) is 18.2 Å². The number of pyridine rings is 1. The van der Waals surface area contributed by atoms with Gasteiger partial charge in [0.2, 0.25) is 0 Å². The van der Waals surface area contributed by atoms with E-state index >= 15 is 0 Å². The Balaban J connectivity index is 2.33. The summed E-state index contributed by atoms with van der Waals surface area (Å²) in [4.78, 5) is 3.79. The van der Waals surface area contributed by atoms with Crippen LogP contribution in [0.1, 0.15) is 30.5 Å². The summed E-state index contributed by atoms with van der Waals surface area (Å²) in [5.74, 6) is -2.84. The summed E-state index contributed by atoms with van der Waals surface area (Å²) >= 11 is 5.77. The highest BCUT2D eigenvalue weighted by Gasteiger charge is 2.16. The van der Waals surface area contributed by atoms with Gasteiger partial charge in [-0.1, -0.05) is 24.6 Å². The van der Waals surface area contributed by atoms with Gasteiger partial charge in [0.15, 0.2) is 23.3 Å². The first-order valence-electron chi connectivity index (χ1n) is 6.43. The van der Waals surface area contributed by atoms with E-state index in [1.165, 1.54) is 6.07 Å². The number of rotatable bonds is 4. The van der Waals surface area contributed by atoms with Crippen LogP contribution in [0.15, 0.2) is 24.3 Å². The predicted molar refractivity (Wildman–Crippen MR) is 76.9 cm³/mol. The molecule has 3 nitrogen and oxygen atoms in total. The van der Waals surface area contributed by atoms with Crippen LogP contribution >= 0.6 is 11.6 Å². The molecule has 2 aromatic rings. The minimum absolute atomic E-state index is 0.0782. The standard InChI is InChI=1S/C15H11ClF3N3/c1-2-13(8-3-4-10(17)11(18)5-8)21-15-12(19)6-9(7-20)14(16)22-15/h3-6,13H,2H2,1H3,(H,21,22). The Hall–Kier alpha value is -2.26. The highest BCUT2D eigenvalue weighted by atomic mass is 35.5. The van der Waals surface area contributed by atoms with Gasteiger partial charge in [-0.3, -0.25) is 0 Å². The van der Waals surface area contributed by atoms with Crippen LogP contribution in [0.4, 0.5) is 19.0 Å². The molecule has 0 radical (unpaired) electrons. The molecule has 0 aliphatic carbocycles. The molecule has 2 rings (SSSR count). The molecule has 0 fully saturated rings. The quantitative estimate of drug-likeness (QED) is 0.837. The van der Waals surface area contributed by atoms with Crippen LogP contribution < -0.4 is 5.32 Å². The molecule has 1 N–H and O–H groups in total. The summed E-state index contributed by atoms with van der Waals surface area (Å²) in [6.45, 7) is 1.79. The lowest BCUT2D eigenvalue weighted by molar-refractivity contribution is 0.505. The Morgan fingerprint density at radius 3 is 2.55 bits per heavy atom. The van der Waals surface area contributed by atoms with Crippen molar-refractivity contribution in [1.82, 2.24) is 4.98 Å². The monoisotopic (exact) mass is 325 g/mol. The molecule has 0 aliphatic heterocycles. The molecular weight excluding hydrogens is 315 g/mol. The average Bonchev–Trinajstić information content (AvgIpc) is 2.50. The lowest BCUT2D eigenvalue weighted by Crippen LogP contribution is -2.13. The molecule has 0 saturated heterocycles. The lowest BCUT2D eigenvalue weighted by Gasteiger charge is -2.19. The summed E-state index contributed by atoms with van der Waals surface area (Å²) in [6.07, 6.45) is 0.476. The average molecular weight is 326 g/mol. The van der Waals surface area contributed by atoms with Crippen molar-refractivity contribution in [3.8, 4) is 6.07 Å². The summed E-state index contributed by atoms with van der Waals surface area (Å²) in [6, 6.07) is 5.66. The largest absolute Gasteiger partial charge is 0.361 e. The van der Waals surface area contributed by atoms with Crippen LogP contribution in [0.25, 0.3) is 0 Å². The predicted octanol–water partition coefficient (Wildman–Crippen LogP) is 4.59. The van der Waals surface area contributed by atoms with E-state index in [0.717, 1.165) is 18.2 Å². The minimum Gasteiger partial charge on any atom is -0.361 e. The van der Waals surface area contributed by atoms with Gasteiger partial charge in [0.1, 0.15) is 11.2 Å². The van der Waals surface area contributed by atoms with E-state index in [0.29, 0.717) is 12.0 Å². The van der Waals surface area contributed by atoms with Crippen LogP contribution in [0.2, 0.25) is 5.15 Å². The number of hydrogen-bond donors (Lipinski definition) is 1. The summed E-state index contributed by atoms with van der Waals surface area (Å²) in [5.41, 5.74) is 0.369. The third-order valence-electron chi connectivity index (χ3n) is 3.12. The Morgan fingerprint density at radius 1 is 1.23 bits per heavy atom. The zero-order valence-electron chi connectivity index (χ0n) is 11.5. The first-order chi connectivity index (χ1) is 10.5. The SMILES string of the molecule is CCC(Nc1nc(Cl)c(C#N)cc1F)c1ccc(F)c(F)c1. The molecule has 114 valence electrons. The van der Waals surface area contributed by atoms with E-state index in [1.807, 2.05) is 0 Å². The molecular formula is C15H11ClF3N3. The molecule has 0 saturated carbocycles. The van der Waals surface area contributed by atoms with E-state index in [2.05, 4.69) is 10.3 Å². The molecule has 1 unspecified atom stereocenters. The Labute approximate surface area is 130 Å². The topological polar surface area (TPSA) is 48.7 Å². The number of nitrogens with one attached hydrogen (secondary N) is 1. The number of benzene rings is 1. The maximum atomic E-state index is 13.9. The maximum Gasteiger partial charge on any atom is 0.166 e. The Bertz CT molecular complexity index is 744. The number of halogens is 4. The van der Waals surface area contributed by atoms with Crippen LogP contribution in [0.5, 0.6) is 0 Å². The first-order valence-corrected chi connectivity index (χ1v) is 6.81. The number of anilines is 1. The Kier molecular flexibility index (Phi) is 4.88. The molecule has 1 aromatic heterocycles. The molecule has 0 spiro atoms. The van der Waals surface area contributed by atoms with Gasteiger partial charge >= 0.3 is 0 Å². The smallest absolute Gasteiger partial charge is 0.166 e. The molecule has 0 amide bonds. The van der Waals surface area contributed by atoms with E-state index in [-0.39, 0.29) is 16.5 Å². The first kappa shape index (κ1) is 16.1. The van der Waals surface area contributed by atoms with Crippen molar-refractivity contribution >= 4 is 17.4 Å². The molecule has 1 heterocycles. The number of nitrogens with zero attached hydrogens (tertiary/aromatic N) is 2. The van der Waals surface area contributed by atoms with Crippen LogP contribution in [0.3, 0.4) is 0 Å². The highest BCUT2D eigenvalue weighted by molar-refractivity contribution is 6.30. The minimum atomic E-state index is -0.982. The van der Waals surface area contributed by atoms with Crippen molar-refractivity contribution in [1.29, 1.82) is 5.26 Å². The molecule has 0 aliphatic rings. The number of aromatic nitrogens is 1. The van der Waals surface area contributed by atoms with E-state index in [4.69, 9.17) is 16.9 Å². The molecule has 1 atom stereocenters. The van der Waals surface area contributed by atoms with E-state index in [9.17, 15) is 13.2 Å². The van der Waals surface area contributed by atoms with Gasteiger partial charge in [0.05, 0.1) is 11.6 Å². The van der Waals surface area contributed by atoms with Crippen molar-refractivity contribution in [2.45, 2.75) is 19.4 Å². The number of hydrogen-bond acceptors (Lipinski definition) is 3. The van der Waals surface area contributed by atoms with Gasteiger partial charge in [-0.15, -0.1) is 0 Å². The molecule has 7 heteroatoms. The van der Waals surface area contributed by atoms with Crippen LogP contribution in [-0.2, 0) is 0 Å². The zero-order valence-corrected chi connectivity index (χ0v) is 12.3. The van der Waals surface area contributed by atoms with E-state index < -0.39 is 23.5 Å². The van der Waals surface area contributed by atoms with Crippen molar-refractivity contribution in [2.75, 3.05) is 5.32 Å². The Morgan fingerprint density at radius 2 is 1.95 bits per heavy atom. The lowest BCUT2D eigenvalue weighted by atomic mass is 10.0. The molecule has 0 bridgehead atoms. The highest BCUT2D eigenvalue weighted by Crippen LogP contribution is 2.26. The third kappa shape index (κ3) is 3.31. The second-order valence-corrected chi connectivity index (χ2v) is 4.91. The second-order valence-electron chi connectivity index (χ2n) is 4.55. The molecule has 22 heavy (non-hydrogen) atoms. The van der Waals surface area contributed by atoms with Crippen LogP contribution in [-0.4, -0.2) is 4.98 Å². The second kappa shape index (κ2) is 6.67. The van der Waals surface area contributed by atoms with Crippen molar-refractivity contribution in [3.05, 3.63) is 58.0 Å². The van der Waals surface area contributed by atoms with Crippen molar-refractivity contribution in [3.63, 3.8) is 0 Å². The number of nitriles is 1. The fourth-order valence-corrected chi connectivity index (χ4v) is 2.14. The van der Waals surface area contributed by atoms with Gasteiger partial charge in [0, 0.05) is 0 Å². The van der Waals surface area contributed by atoms with Gasteiger partial charge in [-0.05, 0) is 30.2 Å².